The summed E-state index contributed by atoms with van der Waals surface area (Å²) in [4.78, 5) is 16.1. The Hall–Kier alpha value is -3.57. The van der Waals surface area contributed by atoms with Crippen molar-refractivity contribution in [2.45, 2.75) is 50.7 Å². The summed E-state index contributed by atoms with van der Waals surface area (Å²) in [6.07, 6.45) is -5.96. The number of carboxylic acid groups (broad SMARTS) is 1. The van der Waals surface area contributed by atoms with Gasteiger partial charge in [0.1, 0.15) is 5.82 Å². The molecule has 7 nitrogen and oxygen atoms in total. The van der Waals surface area contributed by atoms with Crippen LogP contribution in [0.3, 0.4) is 0 Å². The Morgan fingerprint density at radius 2 is 1.72 bits per heavy atom. The van der Waals surface area contributed by atoms with Crippen molar-refractivity contribution in [2.75, 3.05) is 0 Å². The molecular formula is C27H24ClF3N3O4S-. The maximum atomic E-state index is 13.3. The maximum Gasteiger partial charge on any atom is 0.417 e. The van der Waals surface area contributed by atoms with E-state index in [1.165, 1.54) is 25.1 Å². The van der Waals surface area contributed by atoms with Crippen LogP contribution in [0.15, 0.2) is 65.6 Å². The van der Waals surface area contributed by atoms with Crippen molar-refractivity contribution >= 4 is 38.8 Å². The Morgan fingerprint density at radius 1 is 1.10 bits per heavy atom. The summed E-state index contributed by atoms with van der Waals surface area (Å²) in [6.45, 7) is 5.07. The van der Waals surface area contributed by atoms with E-state index < -0.39 is 38.9 Å². The highest BCUT2D eigenvalue weighted by atomic mass is 35.5. The van der Waals surface area contributed by atoms with Gasteiger partial charge in [-0.1, -0.05) is 48.4 Å². The van der Waals surface area contributed by atoms with Crippen LogP contribution in [-0.4, -0.2) is 34.4 Å². The average molecular weight is 579 g/mol. The summed E-state index contributed by atoms with van der Waals surface area (Å²) >= 11 is 5.96. The first-order valence-electron chi connectivity index (χ1n) is 11.9. The number of benzene rings is 3. The van der Waals surface area contributed by atoms with Gasteiger partial charge in [0.05, 0.1) is 26.5 Å². The van der Waals surface area contributed by atoms with E-state index in [1.54, 1.807) is 47.9 Å². The number of nitrogens with zero attached hydrogens (tertiary/aromatic N) is 3. The molecule has 0 fully saturated rings. The van der Waals surface area contributed by atoms with Gasteiger partial charge in [0.25, 0.3) is 10.0 Å². The second kappa shape index (κ2) is 10.5. The Kier molecular flexibility index (Phi) is 7.68. The minimum absolute atomic E-state index is 0.0609. The topological polar surface area (TPSA) is 95.3 Å². The predicted molar refractivity (Wildman–Crippen MR) is 139 cm³/mol. The lowest BCUT2D eigenvalue weighted by Gasteiger charge is -2.30. The monoisotopic (exact) mass is 578 g/mol. The molecule has 4 aromatic rings. The first-order valence-corrected chi connectivity index (χ1v) is 13.7. The molecule has 0 radical (unpaired) electrons. The molecule has 12 heteroatoms. The number of amides is 1. The molecule has 0 saturated carbocycles. The van der Waals surface area contributed by atoms with Gasteiger partial charge in [-0.25, -0.2) is 17.7 Å². The fourth-order valence-corrected chi connectivity index (χ4v) is 6.15. The molecule has 3 aromatic carbocycles. The lowest BCUT2D eigenvalue weighted by Crippen LogP contribution is -2.50. The van der Waals surface area contributed by atoms with Crippen LogP contribution in [-0.2, 0) is 29.0 Å². The number of fused-ring (bicyclic) bond motifs is 1. The van der Waals surface area contributed by atoms with Crippen molar-refractivity contribution in [1.29, 1.82) is 0 Å². The highest BCUT2D eigenvalue weighted by Gasteiger charge is 2.34. The first kappa shape index (κ1) is 28.4. The van der Waals surface area contributed by atoms with Gasteiger partial charge in [-0.15, -0.1) is 0 Å². The summed E-state index contributed by atoms with van der Waals surface area (Å²) < 4.78 is 68.1. The molecule has 4 rings (SSSR count). The van der Waals surface area contributed by atoms with Crippen molar-refractivity contribution in [1.82, 2.24) is 13.9 Å². The molecule has 1 aromatic heterocycles. The zero-order chi connectivity index (χ0) is 28.7. The van der Waals surface area contributed by atoms with E-state index in [0.717, 1.165) is 11.6 Å². The Morgan fingerprint density at radius 3 is 2.26 bits per heavy atom. The van der Waals surface area contributed by atoms with E-state index >= 15 is 0 Å². The minimum Gasteiger partial charge on any atom is -0.529 e. The Labute approximate surface area is 228 Å². The molecule has 39 heavy (non-hydrogen) atoms. The van der Waals surface area contributed by atoms with Crippen LogP contribution < -0.4 is 5.11 Å². The van der Waals surface area contributed by atoms with Crippen molar-refractivity contribution in [3.63, 3.8) is 0 Å². The van der Waals surface area contributed by atoms with Crippen molar-refractivity contribution in [2.24, 2.45) is 0 Å². The number of aromatic nitrogens is 2. The number of rotatable bonds is 7. The maximum absolute atomic E-state index is 13.3. The molecule has 0 aliphatic heterocycles. The average Bonchev–Trinajstić information content (AvgIpc) is 3.20. The lowest BCUT2D eigenvalue weighted by atomic mass is 10.1. The van der Waals surface area contributed by atoms with Gasteiger partial charge in [-0.2, -0.15) is 13.2 Å². The zero-order valence-corrected chi connectivity index (χ0v) is 22.7. The predicted octanol–water partition coefficient (Wildman–Crippen LogP) is 5.53. The number of alkyl halides is 3. The van der Waals surface area contributed by atoms with E-state index in [-0.39, 0.29) is 16.8 Å². The van der Waals surface area contributed by atoms with Crippen molar-refractivity contribution in [3.05, 3.63) is 88.2 Å². The Balaban J connectivity index is 1.65. The highest BCUT2D eigenvalue weighted by Crippen LogP contribution is 2.38. The van der Waals surface area contributed by atoms with Crippen LogP contribution in [0, 0.1) is 6.92 Å². The van der Waals surface area contributed by atoms with E-state index in [9.17, 15) is 31.5 Å². The molecule has 0 spiro atoms. The second-order valence-electron chi connectivity index (χ2n) is 9.13. The largest absolute Gasteiger partial charge is 0.529 e. The molecule has 0 saturated heterocycles. The third-order valence-electron chi connectivity index (χ3n) is 6.32. The van der Waals surface area contributed by atoms with Gasteiger partial charge in [-0.3, -0.25) is 4.57 Å². The van der Waals surface area contributed by atoms with Gasteiger partial charge in [0.15, 0.2) is 6.09 Å². The number of carbonyl (C=O) groups is 1. The highest BCUT2D eigenvalue weighted by molar-refractivity contribution is 7.89. The van der Waals surface area contributed by atoms with Crippen LogP contribution in [0.25, 0.3) is 16.7 Å². The lowest BCUT2D eigenvalue weighted by molar-refractivity contribution is -0.260. The molecular weight excluding hydrogens is 555 g/mol. The smallest absolute Gasteiger partial charge is 0.417 e. The quantitative estimate of drug-likeness (QED) is 0.287. The van der Waals surface area contributed by atoms with Crippen LogP contribution in [0.5, 0.6) is 0 Å². The van der Waals surface area contributed by atoms with Gasteiger partial charge < -0.3 is 9.90 Å². The molecule has 1 amide bonds. The van der Waals surface area contributed by atoms with E-state index in [0.29, 0.717) is 33.3 Å². The molecule has 206 valence electrons. The van der Waals surface area contributed by atoms with E-state index in [2.05, 4.69) is 4.98 Å². The standard InChI is InChI=1S/C27H25ClF3N3O4S/c1-4-25-32-23-14-21(27(29,30)31)22(28)15-24(23)33(25)19-9-7-18(8-10-19)13-17(3)34(26(35)36)39(37,38)20-11-5-16(2)6-12-20/h5-12,14-15,17H,4,13H2,1-3H3,(H,35,36)/p-1. The van der Waals surface area contributed by atoms with E-state index in [1.807, 2.05) is 6.92 Å². The SMILES string of the molecule is CCc1nc2cc(C(F)(F)F)c(Cl)cc2n1-c1ccc(CC(C)N(C(=O)[O-])S(=O)(=O)c2ccc(C)cc2)cc1. The van der Waals surface area contributed by atoms with Crippen molar-refractivity contribution < 1.29 is 31.5 Å². The zero-order valence-electron chi connectivity index (χ0n) is 21.2. The van der Waals surface area contributed by atoms with Crippen LogP contribution in [0.1, 0.15) is 36.4 Å². The number of halogens is 4. The van der Waals surface area contributed by atoms with Crippen molar-refractivity contribution in [3.8, 4) is 5.69 Å². The molecule has 0 bridgehead atoms. The molecule has 0 aliphatic carbocycles. The van der Waals surface area contributed by atoms with Crippen LogP contribution in [0.2, 0.25) is 5.02 Å². The number of aryl methyl sites for hydroxylation is 2. The van der Waals surface area contributed by atoms with Gasteiger partial charge in [-0.05, 0) is 62.2 Å². The second-order valence-corrected chi connectivity index (χ2v) is 11.4. The summed E-state index contributed by atoms with van der Waals surface area (Å²) in [6, 6.07) is 13.8. The summed E-state index contributed by atoms with van der Waals surface area (Å²) in [7, 11) is -4.37. The number of sulfonamides is 1. The number of hydrogen-bond acceptors (Lipinski definition) is 5. The third-order valence-corrected chi connectivity index (χ3v) is 8.53. The molecule has 1 atom stereocenters. The summed E-state index contributed by atoms with van der Waals surface area (Å²) in [5.74, 6) is 0.522. The molecule has 1 heterocycles. The number of hydrogen-bond donors (Lipinski definition) is 0. The van der Waals surface area contributed by atoms with Crippen LogP contribution >= 0.6 is 11.6 Å². The third kappa shape index (κ3) is 5.60. The molecule has 0 N–H and O–H groups in total. The molecule has 0 aliphatic rings. The fraction of sp³-hybridized carbons (Fsp3) is 0.259. The Bertz CT molecular complexity index is 1630. The summed E-state index contributed by atoms with van der Waals surface area (Å²) in [5, 5.41) is 11.4. The summed E-state index contributed by atoms with van der Waals surface area (Å²) in [5.41, 5.74) is 1.64. The van der Waals surface area contributed by atoms with Gasteiger partial charge in [0.2, 0.25) is 0 Å². The minimum atomic E-state index is -4.62. The number of carbonyl (C=O) groups excluding carboxylic acids is 1. The van der Waals surface area contributed by atoms with E-state index in [4.69, 9.17) is 11.6 Å². The van der Waals surface area contributed by atoms with Crippen LogP contribution in [0.4, 0.5) is 18.0 Å². The first-order chi connectivity index (χ1) is 18.2. The van der Waals surface area contributed by atoms with Gasteiger partial charge >= 0.3 is 6.18 Å². The normalized spacial score (nSPS) is 13.0. The van der Waals surface area contributed by atoms with Gasteiger partial charge in [0, 0.05) is 18.2 Å². The molecule has 1 unspecified atom stereocenters. The fourth-order valence-electron chi connectivity index (χ4n) is 4.43. The number of imidazole rings is 1.